The van der Waals surface area contributed by atoms with Crippen LogP contribution in [-0.4, -0.2) is 25.6 Å². The normalized spacial score (nSPS) is 11.5. The molecule has 0 saturated heterocycles. The van der Waals surface area contributed by atoms with Crippen molar-refractivity contribution in [2.24, 2.45) is 7.05 Å². The second-order valence-electron chi connectivity index (χ2n) is 6.20. The van der Waals surface area contributed by atoms with E-state index in [0.717, 1.165) is 23.7 Å². The van der Waals surface area contributed by atoms with Crippen molar-refractivity contribution in [2.75, 3.05) is 5.32 Å². The van der Waals surface area contributed by atoms with Gasteiger partial charge < -0.3 is 4.57 Å². The number of amides is 1. The smallest absolute Gasteiger partial charge is 0.340 e. The SMILES string of the molecule is CC(=O)Cc1nsc(NC(=O)c2ccc(-c3cc(C(F)(F)F)ccc3Cl)n2C)n1. The van der Waals surface area contributed by atoms with E-state index in [9.17, 15) is 22.8 Å². The Morgan fingerprint density at radius 3 is 2.62 bits per heavy atom. The van der Waals surface area contributed by atoms with Gasteiger partial charge in [0.15, 0.2) is 5.82 Å². The maximum Gasteiger partial charge on any atom is 0.416 e. The number of anilines is 1. The fraction of sp³-hybridized carbons (Fsp3) is 0.222. The summed E-state index contributed by atoms with van der Waals surface area (Å²) in [4.78, 5) is 27.7. The van der Waals surface area contributed by atoms with Crippen LogP contribution < -0.4 is 5.32 Å². The van der Waals surface area contributed by atoms with Gasteiger partial charge in [-0.15, -0.1) is 0 Å². The van der Waals surface area contributed by atoms with Gasteiger partial charge in [-0.1, -0.05) is 11.6 Å². The van der Waals surface area contributed by atoms with Crippen molar-refractivity contribution >= 4 is 40.0 Å². The summed E-state index contributed by atoms with van der Waals surface area (Å²) >= 11 is 7.02. The lowest BCUT2D eigenvalue weighted by Gasteiger charge is -2.12. The third-order valence-corrected chi connectivity index (χ3v) is 5.02. The van der Waals surface area contributed by atoms with Crippen LogP contribution in [0, 0.1) is 0 Å². The zero-order valence-electron chi connectivity index (χ0n) is 15.2. The lowest BCUT2D eigenvalue weighted by atomic mass is 10.1. The zero-order valence-corrected chi connectivity index (χ0v) is 16.7. The Bertz CT molecular complexity index is 1090. The second kappa shape index (κ2) is 7.96. The van der Waals surface area contributed by atoms with Crippen molar-refractivity contribution in [3.05, 3.63) is 52.4 Å². The molecule has 0 radical (unpaired) electrons. The average molecular weight is 443 g/mol. The number of halogens is 4. The highest BCUT2D eigenvalue weighted by Crippen LogP contribution is 2.36. The summed E-state index contributed by atoms with van der Waals surface area (Å²) in [6.45, 7) is 1.41. The van der Waals surface area contributed by atoms with Crippen LogP contribution >= 0.6 is 23.1 Å². The molecular formula is C18H14ClF3N4O2S. The van der Waals surface area contributed by atoms with Gasteiger partial charge in [-0.05, 0) is 37.3 Å². The highest BCUT2D eigenvalue weighted by molar-refractivity contribution is 7.09. The number of hydrogen-bond donors (Lipinski definition) is 1. The van der Waals surface area contributed by atoms with Crippen LogP contribution in [0.25, 0.3) is 11.3 Å². The first-order valence-electron chi connectivity index (χ1n) is 8.22. The number of Topliss-reactive ketones (excluding diaryl/α,β-unsaturated/α-hetero) is 1. The summed E-state index contributed by atoms with van der Waals surface area (Å²) < 4.78 is 44.5. The molecule has 11 heteroatoms. The molecule has 0 aliphatic rings. The van der Waals surface area contributed by atoms with E-state index in [1.54, 1.807) is 7.05 Å². The Hall–Kier alpha value is -2.72. The molecule has 0 aliphatic heterocycles. The lowest BCUT2D eigenvalue weighted by molar-refractivity contribution is -0.137. The van der Waals surface area contributed by atoms with Crippen LogP contribution in [0.5, 0.6) is 0 Å². The number of nitrogens with zero attached hydrogens (tertiary/aromatic N) is 3. The summed E-state index contributed by atoms with van der Waals surface area (Å²) in [5.74, 6) is -0.320. The average Bonchev–Trinajstić information content (AvgIpc) is 3.20. The van der Waals surface area contributed by atoms with E-state index in [0.29, 0.717) is 11.5 Å². The highest BCUT2D eigenvalue weighted by atomic mass is 35.5. The number of carbonyl (C=O) groups excluding carboxylic acids is 2. The quantitative estimate of drug-likeness (QED) is 0.626. The third-order valence-electron chi connectivity index (χ3n) is 4.02. The van der Waals surface area contributed by atoms with Crippen LogP contribution in [0.2, 0.25) is 5.02 Å². The highest BCUT2D eigenvalue weighted by Gasteiger charge is 2.31. The number of benzene rings is 1. The molecule has 152 valence electrons. The summed E-state index contributed by atoms with van der Waals surface area (Å²) in [5, 5.41) is 2.91. The molecule has 29 heavy (non-hydrogen) atoms. The van der Waals surface area contributed by atoms with Gasteiger partial charge in [0, 0.05) is 34.9 Å². The molecule has 3 rings (SSSR count). The van der Waals surface area contributed by atoms with Gasteiger partial charge in [0.2, 0.25) is 5.13 Å². The topological polar surface area (TPSA) is 76.9 Å². The van der Waals surface area contributed by atoms with E-state index < -0.39 is 17.6 Å². The molecule has 0 unspecified atom stereocenters. The third kappa shape index (κ3) is 4.65. The maximum atomic E-state index is 13.0. The molecule has 0 atom stereocenters. The molecule has 2 heterocycles. The Labute approximate surface area is 172 Å². The van der Waals surface area contributed by atoms with Crippen LogP contribution in [0.15, 0.2) is 30.3 Å². The summed E-state index contributed by atoms with van der Waals surface area (Å²) in [7, 11) is 1.54. The van der Waals surface area contributed by atoms with Crippen LogP contribution in [0.4, 0.5) is 18.3 Å². The number of ketones is 1. The van der Waals surface area contributed by atoms with Gasteiger partial charge >= 0.3 is 6.18 Å². The van der Waals surface area contributed by atoms with Crippen LogP contribution in [0.1, 0.15) is 28.8 Å². The van der Waals surface area contributed by atoms with Crippen molar-refractivity contribution in [1.29, 1.82) is 0 Å². The standard InChI is InChI=1S/C18H14ClF3N4O2S/c1-9(27)7-15-23-17(29-25-15)24-16(28)14-6-5-13(26(14)2)11-8-10(18(20,21)22)3-4-12(11)19/h3-6,8H,7H2,1-2H3,(H,23,24,25,28). The van der Waals surface area contributed by atoms with E-state index in [4.69, 9.17) is 11.6 Å². The predicted molar refractivity (Wildman–Crippen MR) is 103 cm³/mol. The first-order chi connectivity index (χ1) is 13.6. The van der Waals surface area contributed by atoms with Gasteiger partial charge in [-0.2, -0.15) is 17.5 Å². The maximum absolute atomic E-state index is 13.0. The fourth-order valence-corrected chi connectivity index (χ4v) is 3.46. The zero-order chi connectivity index (χ0) is 21.3. The van der Waals surface area contributed by atoms with Crippen molar-refractivity contribution in [1.82, 2.24) is 13.9 Å². The van der Waals surface area contributed by atoms with Crippen molar-refractivity contribution in [2.45, 2.75) is 19.5 Å². The van der Waals surface area contributed by atoms with Gasteiger partial charge in [0.1, 0.15) is 11.5 Å². The first-order valence-corrected chi connectivity index (χ1v) is 9.37. The molecule has 1 N–H and O–H groups in total. The molecule has 2 aromatic heterocycles. The number of hydrogen-bond acceptors (Lipinski definition) is 5. The Morgan fingerprint density at radius 2 is 1.97 bits per heavy atom. The minimum absolute atomic E-state index is 0.0642. The minimum Gasteiger partial charge on any atom is -0.340 e. The second-order valence-corrected chi connectivity index (χ2v) is 7.36. The summed E-state index contributed by atoms with van der Waals surface area (Å²) in [5.41, 5.74) is -0.142. The molecule has 0 saturated carbocycles. The van der Waals surface area contributed by atoms with E-state index in [1.165, 1.54) is 29.7 Å². The van der Waals surface area contributed by atoms with Crippen molar-refractivity contribution in [3.8, 4) is 11.3 Å². The first kappa shape index (κ1) is 21.0. The summed E-state index contributed by atoms with van der Waals surface area (Å²) in [6, 6.07) is 6.00. The van der Waals surface area contributed by atoms with E-state index in [2.05, 4.69) is 14.7 Å². The number of rotatable bonds is 5. The van der Waals surface area contributed by atoms with E-state index in [-0.39, 0.29) is 33.6 Å². The fourth-order valence-electron chi connectivity index (χ4n) is 2.67. The minimum atomic E-state index is -4.51. The molecule has 1 amide bonds. The molecule has 0 aliphatic carbocycles. The molecule has 0 fully saturated rings. The van der Waals surface area contributed by atoms with Crippen LogP contribution in [0.3, 0.4) is 0 Å². The Kier molecular flexibility index (Phi) is 5.76. The lowest BCUT2D eigenvalue weighted by Crippen LogP contribution is -2.16. The monoisotopic (exact) mass is 442 g/mol. The largest absolute Gasteiger partial charge is 0.416 e. The molecule has 6 nitrogen and oxygen atoms in total. The Morgan fingerprint density at radius 1 is 1.24 bits per heavy atom. The molecule has 1 aromatic carbocycles. The molecule has 3 aromatic rings. The predicted octanol–water partition coefficient (Wildman–Crippen LogP) is 4.60. The summed E-state index contributed by atoms with van der Waals surface area (Å²) in [6.07, 6.45) is -4.45. The van der Waals surface area contributed by atoms with Gasteiger partial charge in [-0.3, -0.25) is 14.9 Å². The van der Waals surface area contributed by atoms with E-state index in [1.807, 2.05) is 0 Å². The molecule has 0 spiro atoms. The van der Waals surface area contributed by atoms with Crippen molar-refractivity contribution in [3.63, 3.8) is 0 Å². The Balaban J connectivity index is 1.87. The van der Waals surface area contributed by atoms with Gasteiger partial charge in [0.25, 0.3) is 5.91 Å². The molecular weight excluding hydrogens is 429 g/mol. The number of carbonyl (C=O) groups is 2. The van der Waals surface area contributed by atoms with Crippen molar-refractivity contribution < 1.29 is 22.8 Å². The number of alkyl halides is 3. The molecule has 0 bridgehead atoms. The number of nitrogens with one attached hydrogen (secondary N) is 1. The van der Waals surface area contributed by atoms with E-state index >= 15 is 0 Å². The van der Waals surface area contributed by atoms with Gasteiger partial charge in [0.05, 0.1) is 12.0 Å². The number of aromatic nitrogens is 3. The van der Waals surface area contributed by atoms with Crippen LogP contribution in [-0.2, 0) is 24.4 Å². The van der Waals surface area contributed by atoms with Gasteiger partial charge in [-0.25, -0.2) is 4.98 Å².